The van der Waals surface area contributed by atoms with Crippen molar-refractivity contribution in [1.82, 2.24) is 10.0 Å². The molecular formula is C18H19FN2O4S. The Balaban J connectivity index is 1.69. The number of rotatable bonds is 6. The third kappa shape index (κ3) is 3.86. The van der Waals surface area contributed by atoms with Crippen LogP contribution in [0.4, 0.5) is 4.39 Å². The molecule has 3 rings (SSSR count). The minimum atomic E-state index is -3.77. The third-order valence-corrected chi connectivity index (χ3v) is 5.57. The number of carbonyl (C=O) groups is 1. The molecule has 6 nitrogen and oxygen atoms in total. The van der Waals surface area contributed by atoms with Gasteiger partial charge in [0.05, 0.1) is 17.0 Å². The number of carbonyl (C=O) groups excluding carboxylic acids is 1. The van der Waals surface area contributed by atoms with Crippen molar-refractivity contribution in [2.24, 2.45) is 0 Å². The van der Waals surface area contributed by atoms with Gasteiger partial charge in [0.15, 0.2) is 0 Å². The van der Waals surface area contributed by atoms with Crippen molar-refractivity contribution in [3.05, 3.63) is 59.4 Å². The Morgan fingerprint density at radius 1 is 1.27 bits per heavy atom. The molecule has 1 amide bonds. The van der Waals surface area contributed by atoms with Crippen LogP contribution in [0.3, 0.4) is 0 Å². The highest BCUT2D eigenvalue weighted by Gasteiger charge is 2.24. The van der Waals surface area contributed by atoms with Gasteiger partial charge in [0.1, 0.15) is 17.7 Å². The fourth-order valence-corrected chi connectivity index (χ4v) is 3.86. The fraction of sp³-hybridized carbons (Fsp3) is 0.278. The van der Waals surface area contributed by atoms with Gasteiger partial charge in [0, 0.05) is 13.0 Å². The molecule has 0 spiro atoms. The van der Waals surface area contributed by atoms with E-state index in [1.165, 1.54) is 0 Å². The molecule has 1 unspecified atom stereocenters. The predicted molar refractivity (Wildman–Crippen MR) is 94.2 cm³/mol. The Labute approximate surface area is 151 Å². The molecular weight excluding hydrogens is 359 g/mol. The predicted octanol–water partition coefficient (Wildman–Crippen LogP) is 1.86. The topological polar surface area (TPSA) is 84.5 Å². The zero-order valence-electron chi connectivity index (χ0n) is 14.2. The first kappa shape index (κ1) is 18.3. The summed E-state index contributed by atoms with van der Waals surface area (Å²) in [5.41, 5.74) is 0.733. The van der Waals surface area contributed by atoms with Crippen molar-refractivity contribution in [2.45, 2.75) is 24.3 Å². The van der Waals surface area contributed by atoms with Gasteiger partial charge in [-0.1, -0.05) is 25.1 Å². The van der Waals surface area contributed by atoms with Crippen molar-refractivity contribution < 1.29 is 22.3 Å². The number of halogens is 1. The molecule has 1 heterocycles. The molecule has 2 aromatic rings. The molecule has 1 atom stereocenters. The van der Waals surface area contributed by atoms with Gasteiger partial charge in [-0.25, -0.2) is 17.5 Å². The molecule has 138 valence electrons. The summed E-state index contributed by atoms with van der Waals surface area (Å²) in [6, 6.07) is 10.7. The van der Waals surface area contributed by atoms with E-state index < -0.39 is 21.7 Å². The molecule has 0 saturated carbocycles. The molecule has 0 bridgehead atoms. The first-order chi connectivity index (χ1) is 12.4. The zero-order valence-corrected chi connectivity index (χ0v) is 15.0. The normalized spacial score (nSPS) is 16.0. The highest BCUT2D eigenvalue weighted by atomic mass is 32.2. The first-order valence-corrected chi connectivity index (χ1v) is 9.71. The maximum atomic E-state index is 14.0. The maximum absolute atomic E-state index is 14.0. The van der Waals surface area contributed by atoms with Crippen LogP contribution in [0, 0.1) is 5.82 Å². The molecule has 1 aliphatic rings. The van der Waals surface area contributed by atoms with Crippen LogP contribution in [0.2, 0.25) is 0 Å². The van der Waals surface area contributed by atoms with E-state index in [9.17, 15) is 17.6 Å². The van der Waals surface area contributed by atoms with Gasteiger partial charge in [-0.15, -0.1) is 0 Å². The molecule has 0 aromatic heterocycles. The quantitative estimate of drug-likeness (QED) is 0.804. The first-order valence-electron chi connectivity index (χ1n) is 8.22. The van der Waals surface area contributed by atoms with E-state index in [-0.39, 0.29) is 29.7 Å². The Kier molecular flexibility index (Phi) is 5.24. The summed E-state index contributed by atoms with van der Waals surface area (Å²) in [6.45, 7) is 2.02. The Morgan fingerprint density at radius 2 is 2.04 bits per heavy atom. The Hall–Kier alpha value is -2.45. The van der Waals surface area contributed by atoms with Crippen LogP contribution in [0.15, 0.2) is 47.4 Å². The summed E-state index contributed by atoms with van der Waals surface area (Å²) >= 11 is 0. The molecule has 8 heteroatoms. The lowest BCUT2D eigenvalue weighted by Gasteiger charge is -2.13. The molecule has 2 N–H and O–H groups in total. The maximum Gasteiger partial charge on any atom is 0.254 e. The van der Waals surface area contributed by atoms with Crippen LogP contribution in [0.1, 0.15) is 22.8 Å². The van der Waals surface area contributed by atoms with E-state index in [0.717, 1.165) is 29.5 Å². The van der Waals surface area contributed by atoms with Gasteiger partial charge >= 0.3 is 0 Å². The summed E-state index contributed by atoms with van der Waals surface area (Å²) in [5.74, 6) is -0.694. The number of hydrogen-bond donors (Lipinski definition) is 2. The third-order valence-electron chi connectivity index (χ3n) is 4.03. The largest absolute Gasteiger partial charge is 0.488 e. The van der Waals surface area contributed by atoms with E-state index in [1.54, 1.807) is 6.92 Å². The minimum Gasteiger partial charge on any atom is -0.488 e. The van der Waals surface area contributed by atoms with Gasteiger partial charge < -0.3 is 10.1 Å². The van der Waals surface area contributed by atoms with Crippen LogP contribution >= 0.6 is 0 Å². The SMILES string of the molecule is CCNS(=O)(=O)c1ccc(F)c(C(=O)NCC2Cc3ccccc3O2)c1. The van der Waals surface area contributed by atoms with Gasteiger partial charge in [-0.05, 0) is 29.8 Å². The Bertz CT molecular complexity index is 906. The van der Waals surface area contributed by atoms with Crippen molar-refractivity contribution in [3.8, 4) is 5.75 Å². The van der Waals surface area contributed by atoms with Crippen LogP contribution in [0.5, 0.6) is 5.75 Å². The summed E-state index contributed by atoms with van der Waals surface area (Å²) in [7, 11) is -3.77. The van der Waals surface area contributed by atoms with E-state index in [1.807, 2.05) is 24.3 Å². The number of sulfonamides is 1. The average molecular weight is 378 g/mol. The number of nitrogens with one attached hydrogen (secondary N) is 2. The fourth-order valence-electron chi connectivity index (χ4n) is 2.79. The number of fused-ring (bicyclic) bond motifs is 1. The lowest BCUT2D eigenvalue weighted by atomic mass is 10.1. The van der Waals surface area contributed by atoms with Gasteiger partial charge in [-0.2, -0.15) is 0 Å². The Morgan fingerprint density at radius 3 is 2.77 bits per heavy atom. The van der Waals surface area contributed by atoms with Crippen molar-refractivity contribution >= 4 is 15.9 Å². The van der Waals surface area contributed by atoms with Crippen LogP contribution in [0.25, 0.3) is 0 Å². The molecule has 1 aliphatic heterocycles. The lowest BCUT2D eigenvalue weighted by molar-refractivity contribution is 0.0929. The zero-order chi connectivity index (χ0) is 18.7. The number of benzene rings is 2. The summed E-state index contributed by atoms with van der Waals surface area (Å²) < 4.78 is 46.1. The molecule has 0 radical (unpaired) electrons. The van der Waals surface area contributed by atoms with Crippen molar-refractivity contribution in [1.29, 1.82) is 0 Å². The van der Waals surface area contributed by atoms with E-state index in [4.69, 9.17) is 4.74 Å². The lowest BCUT2D eigenvalue weighted by Crippen LogP contribution is -2.35. The second-order valence-electron chi connectivity index (χ2n) is 5.90. The second-order valence-corrected chi connectivity index (χ2v) is 7.67. The highest BCUT2D eigenvalue weighted by Crippen LogP contribution is 2.27. The van der Waals surface area contributed by atoms with E-state index >= 15 is 0 Å². The number of amides is 1. The average Bonchev–Trinajstić information content (AvgIpc) is 3.02. The molecule has 0 fully saturated rings. The number of hydrogen-bond acceptors (Lipinski definition) is 4. The molecule has 2 aromatic carbocycles. The van der Waals surface area contributed by atoms with Crippen LogP contribution < -0.4 is 14.8 Å². The minimum absolute atomic E-state index is 0.157. The molecule has 0 aliphatic carbocycles. The molecule has 0 saturated heterocycles. The number of para-hydroxylation sites is 1. The summed E-state index contributed by atoms with van der Waals surface area (Å²) in [5, 5.41) is 2.61. The monoisotopic (exact) mass is 378 g/mol. The van der Waals surface area contributed by atoms with Crippen molar-refractivity contribution in [3.63, 3.8) is 0 Å². The standard InChI is InChI=1S/C18H19FN2O4S/c1-2-21-26(23,24)14-7-8-16(19)15(10-14)18(22)20-11-13-9-12-5-3-4-6-17(12)25-13/h3-8,10,13,21H,2,9,11H2,1H3,(H,20,22). The number of ether oxygens (including phenoxy) is 1. The summed E-state index contributed by atoms with van der Waals surface area (Å²) in [4.78, 5) is 12.2. The van der Waals surface area contributed by atoms with E-state index in [2.05, 4.69) is 10.0 Å². The van der Waals surface area contributed by atoms with Crippen LogP contribution in [-0.4, -0.2) is 33.5 Å². The van der Waals surface area contributed by atoms with Crippen molar-refractivity contribution in [2.75, 3.05) is 13.1 Å². The highest BCUT2D eigenvalue weighted by molar-refractivity contribution is 7.89. The summed E-state index contributed by atoms with van der Waals surface area (Å²) in [6.07, 6.45) is 0.404. The second kappa shape index (κ2) is 7.43. The van der Waals surface area contributed by atoms with E-state index in [0.29, 0.717) is 6.42 Å². The van der Waals surface area contributed by atoms with Crippen LogP contribution in [-0.2, 0) is 16.4 Å². The van der Waals surface area contributed by atoms with Gasteiger partial charge in [0.25, 0.3) is 5.91 Å². The van der Waals surface area contributed by atoms with Gasteiger partial charge in [0.2, 0.25) is 10.0 Å². The molecule has 26 heavy (non-hydrogen) atoms. The van der Waals surface area contributed by atoms with Gasteiger partial charge in [-0.3, -0.25) is 4.79 Å². The smallest absolute Gasteiger partial charge is 0.254 e.